The van der Waals surface area contributed by atoms with Gasteiger partial charge in [0.15, 0.2) is 5.79 Å². The Bertz CT molecular complexity index is 238. The third kappa shape index (κ3) is 2.48. The standard InChI is InChI=1S/C10H17NO4/c1-13-9(12)7-11-4-2-3-10(8-11)14-5-6-15-10/h2-8H2,1H3. The van der Waals surface area contributed by atoms with Crippen LogP contribution in [0.1, 0.15) is 12.8 Å². The lowest BCUT2D eigenvalue weighted by Crippen LogP contribution is -2.50. The van der Waals surface area contributed by atoms with Crippen LogP contribution < -0.4 is 0 Å². The van der Waals surface area contributed by atoms with Gasteiger partial charge in [0, 0.05) is 6.42 Å². The maximum absolute atomic E-state index is 11.1. The second-order valence-electron chi connectivity index (χ2n) is 4.00. The predicted octanol–water partition coefficient (Wildman–Crippen LogP) is -0.00170. The molecule has 0 N–H and O–H groups in total. The van der Waals surface area contributed by atoms with E-state index in [-0.39, 0.29) is 5.97 Å². The molecule has 0 bridgehead atoms. The molecule has 0 aromatic heterocycles. The summed E-state index contributed by atoms with van der Waals surface area (Å²) in [5.74, 6) is -0.656. The van der Waals surface area contributed by atoms with Gasteiger partial charge in [0.05, 0.1) is 33.4 Å². The zero-order valence-corrected chi connectivity index (χ0v) is 9.03. The van der Waals surface area contributed by atoms with Crippen LogP contribution in [0, 0.1) is 0 Å². The number of carbonyl (C=O) groups excluding carboxylic acids is 1. The number of ether oxygens (including phenoxy) is 3. The van der Waals surface area contributed by atoms with Crippen molar-refractivity contribution in [2.75, 3.05) is 40.0 Å². The number of esters is 1. The topological polar surface area (TPSA) is 48.0 Å². The molecule has 2 saturated heterocycles. The number of likely N-dealkylation sites (tertiary alicyclic amines) is 1. The zero-order valence-electron chi connectivity index (χ0n) is 9.03. The molecule has 0 amide bonds. The van der Waals surface area contributed by atoms with Gasteiger partial charge >= 0.3 is 5.97 Å². The van der Waals surface area contributed by atoms with E-state index in [1.165, 1.54) is 7.11 Å². The van der Waals surface area contributed by atoms with E-state index < -0.39 is 5.79 Å². The summed E-state index contributed by atoms with van der Waals surface area (Å²) in [6.45, 7) is 3.22. The van der Waals surface area contributed by atoms with Gasteiger partial charge in [0.1, 0.15) is 0 Å². The highest BCUT2D eigenvalue weighted by atomic mass is 16.7. The third-order valence-corrected chi connectivity index (χ3v) is 2.89. The largest absolute Gasteiger partial charge is 0.468 e. The van der Waals surface area contributed by atoms with Crippen LogP contribution in [0.3, 0.4) is 0 Å². The molecule has 5 nitrogen and oxygen atoms in total. The maximum atomic E-state index is 11.1. The third-order valence-electron chi connectivity index (χ3n) is 2.89. The molecule has 0 aliphatic carbocycles. The second kappa shape index (κ2) is 4.47. The second-order valence-corrected chi connectivity index (χ2v) is 4.00. The van der Waals surface area contributed by atoms with Crippen LogP contribution in [0.15, 0.2) is 0 Å². The molecular weight excluding hydrogens is 198 g/mol. The Morgan fingerprint density at radius 3 is 2.87 bits per heavy atom. The summed E-state index contributed by atoms with van der Waals surface area (Å²) in [5, 5.41) is 0. The fourth-order valence-corrected chi connectivity index (χ4v) is 2.19. The predicted molar refractivity (Wildman–Crippen MR) is 52.3 cm³/mol. The van der Waals surface area contributed by atoms with Crippen molar-refractivity contribution in [1.82, 2.24) is 4.90 Å². The Hall–Kier alpha value is -0.650. The molecule has 15 heavy (non-hydrogen) atoms. The highest BCUT2D eigenvalue weighted by Gasteiger charge is 2.40. The molecule has 0 aromatic carbocycles. The van der Waals surface area contributed by atoms with Crippen molar-refractivity contribution in [2.45, 2.75) is 18.6 Å². The molecule has 2 fully saturated rings. The summed E-state index contributed by atoms with van der Waals surface area (Å²) in [6.07, 6.45) is 1.92. The van der Waals surface area contributed by atoms with Crippen LogP contribution in [0.2, 0.25) is 0 Å². The summed E-state index contributed by atoms with van der Waals surface area (Å²) in [6, 6.07) is 0. The van der Waals surface area contributed by atoms with E-state index in [1.807, 2.05) is 4.90 Å². The van der Waals surface area contributed by atoms with E-state index in [2.05, 4.69) is 4.74 Å². The van der Waals surface area contributed by atoms with Crippen molar-refractivity contribution in [3.63, 3.8) is 0 Å². The summed E-state index contributed by atoms with van der Waals surface area (Å²) in [4.78, 5) is 13.2. The Balaban J connectivity index is 1.89. The molecular formula is C10H17NO4. The summed E-state index contributed by atoms with van der Waals surface area (Å²) in [7, 11) is 1.41. The molecule has 0 atom stereocenters. The van der Waals surface area contributed by atoms with Gasteiger partial charge in [0.25, 0.3) is 0 Å². The quantitative estimate of drug-likeness (QED) is 0.607. The van der Waals surface area contributed by atoms with E-state index in [9.17, 15) is 4.79 Å². The van der Waals surface area contributed by atoms with Gasteiger partial charge < -0.3 is 14.2 Å². The monoisotopic (exact) mass is 215 g/mol. The van der Waals surface area contributed by atoms with Crippen LogP contribution in [0.4, 0.5) is 0 Å². The highest BCUT2D eigenvalue weighted by molar-refractivity contribution is 5.71. The average molecular weight is 215 g/mol. The maximum Gasteiger partial charge on any atom is 0.319 e. The average Bonchev–Trinajstić information content (AvgIpc) is 2.66. The SMILES string of the molecule is COC(=O)CN1CCCC2(C1)OCCO2. The number of nitrogens with zero attached hydrogens (tertiary/aromatic N) is 1. The molecule has 1 spiro atoms. The van der Waals surface area contributed by atoms with Crippen LogP contribution in [-0.2, 0) is 19.0 Å². The first-order valence-corrected chi connectivity index (χ1v) is 5.31. The van der Waals surface area contributed by atoms with Crippen molar-refractivity contribution in [3.8, 4) is 0 Å². The Morgan fingerprint density at radius 2 is 2.20 bits per heavy atom. The lowest BCUT2D eigenvalue weighted by atomic mass is 10.0. The molecule has 86 valence electrons. The van der Waals surface area contributed by atoms with Crippen LogP contribution in [0.5, 0.6) is 0 Å². The minimum Gasteiger partial charge on any atom is -0.468 e. The zero-order chi connectivity index (χ0) is 10.7. The molecule has 2 heterocycles. The van der Waals surface area contributed by atoms with Gasteiger partial charge in [0.2, 0.25) is 0 Å². The highest BCUT2D eigenvalue weighted by Crippen LogP contribution is 2.29. The molecule has 0 radical (unpaired) electrons. The summed E-state index contributed by atoms with van der Waals surface area (Å²) >= 11 is 0. The fraction of sp³-hybridized carbons (Fsp3) is 0.900. The van der Waals surface area contributed by atoms with Gasteiger partial charge in [-0.25, -0.2) is 0 Å². The molecule has 2 rings (SSSR count). The first kappa shape index (κ1) is 10.9. The molecule has 0 saturated carbocycles. The number of rotatable bonds is 2. The van der Waals surface area contributed by atoms with Crippen LogP contribution >= 0.6 is 0 Å². The van der Waals surface area contributed by atoms with Crippen molar-refractivity contribution < 1.29 is 19.0 Å². The lowest BCUT2D eigenvalue weighted by Gasteiger charge is -2.37. The van der Waals surface area contributed by atoms with Gasteiger partial charge in [-0.3, -0.25) is 9.69 Å². The lowest BCUT2D eigenvalue weighted by molar-refractivity contribution is -0.191. The number of carbonyl (C=O) groups is 1. The molecule has 5 heteroatoms. The minimum absolute atomic E-state index is 0.204. The van der Waals surface area contributed by atoms with Gasteiger partial charge in [-0.2, -0.15) is 0 Å². The smallest absolute Gasteiger partial charge is 0.319 e. The van der Waals surface area contributed by atoms with Gasteiger partial charge in [-0.1, -0.05) is 0 Å². The number of methoxy groups -OCH3 is 1. The van der Waals surface area contributed by atoms with Crippen molar-refractivity contribution in [2.24, 2.45) is 0 Å². The number of hydrogen-bond acceptors (Lipinski definition) is 5. The first-order valence-electron chi connectivity index (χ1n) is 5.31. The van der Waals surface area contributed by atoms with E-state index in [0.717, 1.165) is 19.4 Å². The molecule has 2 aliphatic heterocycles. The minimum atomic E-state index is -0.452. The van der Waals surface area contributed by atoms with Crippen molar-refractivity contribution in [1.29, 1.82) is 0 Å². The van der Waals surface area contributed by atoms with E-state index in [1.54, 1.807) is 0 Å². The van der Waals surface area contributed by atoms with E-state index in [4.69, 9.17) is 9.47 Å². The number of hydrogen-bond donors (Lipinski definition) is 0. The molecule has 0 aromatic rings. The van der Waals surface area contributed by atoms with Crippen molar-refractivity contribution >= 4 is 5.97 Å². The number of piperidine rings is 1. The Labute approximate surface area is 89.3 Å². The molecule has 0 unspecified atom stereocenters. The van der Waals surface area contributed by atoms with E-state index >= 15 is 0 Å². The fourth-order valence-electron chi connectivity index (χ4n) is 2.19. The van der Waals surface area contributed by atoms with Crippen molar-refractivity contribution in [3.05, 3.63) is 0 Å². The van der Waals surface area contributed by atoms with E-state index in [0.29, 0.717) is 26.3 Å². The Kier molecular flexibility index (Phi) is 3.23. The van der Waals surface area contributed by atoms with Crippen LogP contribution in [-0.4, -0.2) is 56.6 Å². The summed E-state index contributed by atoms with van der Waals surface area (Å²) < 4.78 is 15.9. The Morgan fingerprint density at radius 1 is 1.47 bits per heavy atom. The van der Waals surface area contributed by atoms with Gasteiger partial charge in [-0.15, -0.1) is 0 Å². The normalized spacial score (nSPS) is 25.7. The first-order chi connectivity index (χ1) is 7.24. The molecule has 2 aliphatic rings. The van der Waals surface area contributed by atoms with Crippen LogP contribution in [0.25, 0.3) is 0 Å². The summed E-state index contributed by atoms with van der Waals surface area (Å²) in [5.41, 5.74) is 0. The van der Waals surface area contributed by atoms with Gasteiger partial charge in [-0.05, 0) is 13.0 Å².